The second kappa shape index (κ2) is 8.30. The molecule has 0 radical (unpaired) electrons. The lowest BCUT2D eigenvalue weighted by atomic mass is 10.0. The Hall–Kier alpha value is -2.13. The summed E-state index contributed by atoms with van der Waals surface area (Å²) in [6, 6.07) is 16.5. The SMILES string of the molecule is CC[C@H](NC(=O)c1ccc(CN2CCCC2)cc1)c1ccc(C)cc1. The van der Waals surface area contributed by atoms with Crippen LogP contribution in [0.4, 0.5) is 0 Å². The molecule has 3 nitrogen and oxygen atoms in total. The van der Waals surface area contributed by atoms with Gasteiger partial charge in [-0.25, -0.2) is 0 Å². The first-order valence-electron chi connectivity index (χ1n) is 9.34. The summed E-state index contributed by atoms with van der Waals surface area (Å²) in [6.07, 6.45) is 3.48. The first kappa shape index (κ1) is 17.7. The van der Waals surface area contributed by atoms with Crippen molar-refractivity contribution in [3.05, 3.63) is 70.8 Å². The average molecular weight is 336 g/mol. The van der Waals surface area contributed by atoms with E-state index in [9.17, 15) is 4.79 Å². The quantitative estimate of drug-likeness (QED) is 0.844. The fourth-order valence-electron chi connectivity index (χ4n) is 3.42. The highest BCUT2D eigenvalue weighted by atomic mass is 16.1. The van der Waals surface area contributed by atoms with Crippen LogP contribution in [0.5, 0.6) is 0 Å². The Morgan fingerprint density at radius 2 is 1.68 bits per heavy atom. The Morgan fingerprint density at radius 1 is 1.04 bits per heavy atom. The summed E-state index contributed by atoms with van der Waals surface area (Å²) in [4.78, 5) is 15.1. The number of hydrogen-bond acceptors (Lipinski definition) is 2. The number of nitrogens with one attached hydrogen (secondary N) is 1. The Bertz CT molecular complexity index is 685. The van der Waals surface area contributed by atoms with Gasteiger partial charge in [-0.2, -0.15) is 0 Å². The summed E-state index contributed by atoms with van der Waals surface area (Å²) < 4.78 is 0. The summed E-state index contributed by atoms with van der Waals surface area (Å²) in [5.41, 5.74) is 4.41. The first-order valence-corrected chi connectivity index (χ1v) is 9.34. The monoisotopic (exact) mass is 336 g/mol. The van der Waals surface area contributed by atoms with E-state index in [0.717, 1.165) is 24.1 Å². The van der Waals surface area contributed by atoms with Crippen LogP contribution in [0.1, 0.15) is 59.3 Å². The third-order valence-electron chi connectivity index (χ3n) is 5.01. The number of amides is 1. The predicted molar refractivity (Wildman–Crippen MR) is 103 cm³/mol. The highest BCUT2D eigenvalue weighted by Gasteiger charge is 2.15. The van der Waals surface area contributed by atoms with Crippen molar-refractivity contribution in [2.45, 2.75) is 45.7 Å². The van der Waals surface area contributed by atoms with Crippen molar-refractivity contribution in [1.82, 2.24) is 10.2 Å². The van der Waals surface area contributed by atoms with E-state index in [1.165, 1.54) is 37.1 Å². The molecule has 132 valence electrons. The van der Waals surface area contributed by atoms with Crippen LogP contribution in [0.3, 0.4) is 0 Å². The third kappa shape index (κ3) is 4.70. The van der Waals surface area contributed by atoms with Gasteiger partial charge in [0.15, 0.2) is 0 Å². The largest absolute Gasteiger partial charge is 0.345 e. The summed E-state index contributed by atoms with van der Waals surface area (Å²) in [5.74, 6) is 0.000137. The van der Waals surface area contributed by atoms with Crippen LogP contribution in [0.15, 0.2) is 48.5 Å². The molecule has 2 aromatic carbocycles. The number of likely N-dealkylation sites (tertiary alicyclic amines) is 1. The molecule has 3 heteroatoms. The van der Waals surface area contributed by atoms with E-state index in [4.69, 9.17) is 0 Å². The molecule has 0 unspecified atom stereocenters. The second-order valence-electron chi connectivity index (χ2n) is 7.03. The van der Waals surface area contributed by atoms with Gasteiger partial charge >= 0.3 is 0 Å². The Balaban J connectivity index is 1.62. The van der Waals surface area contributed by atoms with Crippen molar-refractivity contribution >= 4 is 5.91 Å². The molecule has 1 N–H and O–H groups in total. The molecule has 1 fully saturated rings. The summed E-state index contributed by atoms with van der Waals surface area (Å²) >= 11 is 0. The molecule has 0 saturated carbocycles. The van der Waals surface area contributed by atoms with E-state index in [2.05, 4.69) is 60.5 Å². The van der Waals surface area contributed by atoms with Crippen LogP contribution in [-0.2, 0) is 6.54 Å². The van der Waals surface area contributed by atoms with Gasteiger partial charge in [-0.15, -0.1) is 0 Å². The molecule has 2 aromatic rings. The van der Waals surface area contributed by atoms with Crippen molar-refractivity contribution in [2.24, 2.45) is 0 Å². The van der Waals surface area contributed by atoms with Crippen LogP contribution >= 0.6 is 0 Å². The molecule has 1 aliphatic rings. The van der Waals surface area contributed by atoms with Crippen molar-refractivity contribution in [3.8, 4) is 0 Å². The maximum Gasteiger partial charge on any atom is 0.251 e. The molecule has 0 aliphatic carbocycles. The zero-order chi connectivity index (χ0) is 17.6. The maximum absolute atomic E-state index is 12.6. The highest BCUT2D eigenvalue weighted by molar-refractivity contribution is 5.94. The molecule has 1 heterocycles. The van der Waals surface area contributed by atoms with Gasteiger partial charge in [0.05, 0.1) is 6.04 Å². The van der Waals surface area contributed by atoms with Gasteiger partial charge in [0.25, 0.3) is 5.91 Å². The standard InChI is InChI=1S/C22H28N2O/c1-3-21(19-10-6-17(2)7-11-19)23-22(25)20-12-8-18(9-13-20)16-24-14-4-5-15-24/h6-13,21H,3-5,14-16H2,1-2H3,(H,23,25)/t21-/m0/s1. The topological polar surface area (TPSA) is 32.3 Å². The van der Waals surface area contributed by atoms with E-state index >= 15 is 0 Å². The Morgan fingerprint density at radius 3 is 2.28 bits per heavy atom. The minimum atomic E-state index is 0.000137. The number of carbonyl (C=O) groups is 1. The summed E-state index contributed by atoms with van der Waals surface area (Å²) in [5, 5.41) is 3.16. The number of nitrogens with zero attached hydrogens (tertiary/aromatic N) is 1. The lowest BCUT2D eigenvalue weighted by Gasteiger charge is -2.18. The van der Waals surface area contributed by atoms with E-state index in [1.54, 1.807) is 0 Å². The normalized spacial score (nSPS) is 15.9. The molecule has 0 aromatic heterocycles. The molecule has 25 heavy (non-hydrogen) atoms. The van der Waals surface area contributed by atoms with Crippen molar-refractivity contribution in [2.75, 3.05) is 13.1 Å². The lowest BCUT2D eigenvalue weighted by molar-refractivity contribution is 0.0935. The molecule has 1 aliphatic heterocycles. The number of aryl methyl sites for hydroxylation is 1. The molecule has 1 atom stereocenters. The van der Waals surface area contributed by atoms with Crippen LogP contribution in [0.25, 0.3) is 0 Å². The predicted octanol–water partition coefficient (Wildman–Crippen LogP) is 4.47. The van der Waals surface area contributed by atoms with Gasteiger partial charge in [0.2, 0.25) is 0 Å². The van der Waals surface area contributed by atoms with Gasteiger partial charge in [-0.3, -0.25) is 9.69 Å². The Kier molecular flexibility index (Phi) is 5.87. The van der Waals surface area contributed by atoms with Crippen LogP contribution in [0, 0.1) is 6.92 Å². The summed E-state index contributed by atoms with van der Waals surface area (Å²) in [7, 11) is 0. The third-order valence-corrected chi connectivity index (χ3v) is 5.01. The molecule has 1 saturated heterocycles. The number of hydrogen-bond donors (Lipinski definition) is 1. The number of rotatable bonds is 6. The first-order chi connectivity index (χ1) is 12.2. The zero-order valence-electron chi connectivity index (χ0n) is 15.3. The fraction of sp³-hybridized carbons (Fsp3) is 0.409. The van der Waals surface area contributed by atoms with E-state index in [1.807, 2.05) is 12.1 Å². The lowest BCUT2D eigenvalue weighted by Crippen LogP contribution is -2.28. The van der Waals surface area contributed by atoms with Crippen molar-refractivity contribution in [3.63, 3.8) is 0 Å². The van der Waals surface area contributed by atoms with Gasteiger partial charge in [0, 0.05) is 12.1 Å². The van der Waals surface area contributed by atoms with Crippen LogP contribution in [0.2, 0.25) is 0 Å². The second-order valence-corrected chi connectivity index (χ2v) is 7.03. The molecule has 3 rings (SSSR count). The van der Waals surface area contributed by atoms with Gasteiger partial charge in [-0.1, -0.05) is 48.9 Å². The Labute approximate surface area is 151 Å². The molecule has 0 spiro atoms. The van der Waals surface area contributed by atoms with Crippen LogP contribution in [-0.4, -0.2) is 23.9 Å². The molecule has 1 amide bonds. The van der Waals surface area contributed by atoms with Crippen molar-refractivity contribution in [1.29, 1.82) is 0 Å². The molecular weight excluding hydrogens is 308 g/mol. The van der Waals surface area contributed by atoms with Gasteiger partial charge in [0.1, 0.15) is 0 Å². The van der Waals surface area contributed by atoms with E-state index in [-0.39, 0.29) is 11.9 Å². The zero-order valence-corrected chi connectivity index (χ0v) is 15.3. The molecule has 0 bridgehead atoms. The number of carbonyl (C=O) groups excluding carboxylic acids is 1. The van der Waals surface area contributed by atoms with Gasteiger partial charge < -0.3 is 5.32 Å². The minimum absolute atomic E-state index is 0.000137. The minimum Gasteiger partial charge on any atom is -0.345 e. The summed E-state index contributed by atoms with van der Waals surface area (Å²) in [6.45, 7) is 7.55. The smallest absolute Gasteiger partial charge is 0.251 e. The van der Waals surface area contributed by atoms with E-state index < -0.39 is 0 Å². The average Bonchev–Trinajstić information content (AvgIpc) is 3.14. The molecular formula is C22H28N2O. The maximum atomic E-state index is 12.6. The fourth-order valence-corrected chi connectivity index (χ4v) is 3.42. The van der Waals surface area contributed by atoms with E-state index in [0.29, 0.717) is 0 Å². The highest BCUT2D eigenvalue weighted by Crippen LogP contribution is 2.18. The number of benzene rings is 2. The van der Waals surface area contributed by atoms with Gasteiger partial charge in [-0.05, 0) is 62.5 Å². The van der Waals surface area contributed by atoms with Crippen molar-refractivity contribution < 1.29 is 4.79 Å². The van der Waals surface area contributed by atoms with Crippen LogP contribution < -0.4 is 5.32 Å².